The van der Waals surface area contributed by atoms with Gasteiger partial charge in [0.25, 0.3) is 0 Å². The monoisotopic (exact) mass is 714 g/mol. The molecule has 7 rings (SSSR count). The van der Waals surface area contributed by atoms with Gasteiger partial charge >= 0.3 is 0 Å². The first-order valence-corrected chi connectivity index (χ1v) is 20.8. The van der Waals surface area contributed by atoms with Crippen molar-refractivity contribution in [3.8, 4) is 0 Å². The lowest BCUT2D eigenvalue weighted by Gasteiger charge is -2.52. The number of benzene rings is 2. The van der Waals surface area contributed by atoms with E-state index in [0.29, 0.717) is 13.2 Å². The largest absolute Gasteiger partial charge is 0.406 e. The van der Waals surface area contributed by atoms with Gasteiger partial charge in [-0.3, -0.25) is 0 Å². The molecular formula is C38H54O11Si. The molecule has 0 aliphatic carbocycles. The summed E-state index contributed by atoms with van der Waals surface area (Å²) in [6, 6.07) is 20.1. The van der Waals surface area contributed by atoms with Gasteiger partial charge in [-0.25, -0.2) is 0 Å². The van der Waals surface area contributed by atoms with Crippen LogP contribution in [0.3, 0.4) is 0 Å². The third-order valence-corrected chi connectivity index (χ3v) is 15.0. The molecule has 0 spiro atoms. The van der Waals surface area contributed by atoms with Crippen LogP contribution in [0, 0.1) is 0 Å². The van der Waals surface area contributed by atoms with Crippen molar-refractivity contribution < 1.29 is 51.8 Å². The average Bonchev–Trinajstić information content (AvgIpc) is 3.56. The molecule has 5 heterocycles. The summed E-state index contributed by atoms with van der Waals surface area (Å²) in [6.45, 7) is 19.4. The van der Waals surface area contributed by atoms with Gasteiger partial charge in [-0.2, -0.15) is 0 Å². The molecule has 0 saturated carbocycles. The lowest BCUT2D eigenvalue weighted by molar-refractivity contribution is -0.368. The predicted molar refractivity (Wildman–Crippen MR) is 184 cm³/mol. The molecule has 0 N–H and O–H groups in total. The summed E-state index contributed by atoms with van der Waals surface area (Å²) in [4.78, 5) is 0. The zero-order chi connectivity index (χ0) is 35.5. The Kier molecular flexibility index (Phi) is 10.2. The van der Waals surface area contributed by atoms with Crippen LogP contribution in [-0.2, 0) is 58.4 Å². The second kappa shape index (κ2) is 13.9. The Morgan fingerprint density at radius 1 is 0.720 bits per heavy atom. The average molecular weight is 715 g/mol. The highest BCUT2D eigenvalue weighted by Gasteiger charge is 2.61. The lowest BCUT2D eigenvalue weighted by atomic mass is 9.97. The molecule has 5 saturated heterocycles. The molecule has 0 unspecified atom stereocenters. The minimum atomic E-state index is -2.40. The maximum Gasteiger partial charge on any atom is 0.192 e. The van der Waals surface area contributed by atoms with Gasteiger partial charge in [0.1, 0.15) is 48.8 Å². The summed E-state index contributed by atoms with van der Waals surface area (Å²) in [6.07, 6.45) is -5.94. The fourth-order valence-electron chi connectivity index (χ4n) is 7.08. The third-order valence-electron chi connectivity index (χ3n) is 10.6. The van der Waals surface area contributed by atoms with Crippen LogP contribution in [0.2, 0.25) is 18.1 Å². The third kappa shape index (κ3) is 7.64. The maximum atomic E-state index is 7.20. The number of fused-ring (bicyclic) bond motifs is 4. The second-order valence-corrected chi connectivity index (χ2v) is 21.1. The van der Waals surface area contributed by atoms with Gasteiger partial charge < -0.3 is 51.8 Å². The van der Waals surface area contributed by atoms with E-state index in [-0.39, 0.29) is 11.6 Å². The van der Waals surface area contributed by atoms with Crippen molar-refractivity contribution in [3.05, 3.63) is 71.8 Å². The first kappa shape index (κ1) is 36.6. The first-order valence-electron chi connectivity index (χ1n) is 17.9. The fraction of sp³-hybridized carbons (Fsp3) is 0.684. The van der Waals surface area contributed by atoms with Crippen molar-refractivity contribution >= 4 is 8.32 Å². The van der Waals surface area contributed by atoms with Crippen LogP contribution in [0.1, 0.15) is 65.9 Å². The molecule has 5 aliphatic rings. The topological polar surface area (TPSA) is 102 Å². The van der Waals surface area contributed by atoms with Crippen molar-refractivity contribution in [3.63, 3.8) is 0 Å². The smallest absolute Gasteiger partial charge is 0.192 e. The minimum absolute atomic E-state index is 0.0938. The Morgan fingerprint density at radius 2 is 1.36 bits per heavy atom. The van der Waals surface area contributed by atoms with E-state index < -0.39 is 87.6 Å². The van der Waals surface area contributed by atoms with E-state index in [1.807, 2.05) is 76.2 Å². The van der Waals surface area contributed by atoms with Crippen LogP contribution in [0.25, 0.3) is 0 Å². The highest BCUT2D eigenvalue weighted by Crippen LogP contribution is 2.46. The molecule has 5 fully saturated rings. The van der Waals surface area contributed by atoms with E-state index in [0.717, 1.165) is 11.1 Å². The Hall–Kier alpha value is -1.78. The van der Waals surface area contributed by atoms with Crippen molar-refractivity contribution in [2.45, 2.75) is 152 Å². The molecule has 0 amide bonds. The van der Waals surface area contributed by atoms with Crippen LogP contribution in [0.4, 0.5) is 0 Å². The summed E-state index contributed by atoms with van der Waals surface area (Å²) in [7, 11) is -2.40. The molecule has 2 aromatic rings. The molecule has 50 heavy (non-hydrogen) atoms. The Labute approximate surface area is 297 Å². The Bertz CT molecular complexity index is 1430. The number of hydrogen-bond donors (Lipinski definition) is 0. The van der Waals surface area contributed by atoms with Gasteiger partial charge in [0.05, 0.1) is 19.8 Å². The molecule has 2 aromatic carbocycles. The van der Waals surface area contributed by atoms with Crippen LogP contribution >= 0.6 is 0 Å². The van der Waals surface area contributed by atoms with E-state index >= 15 is 0 Å². The molecule has 276 valence electrons. The van der Waals surface area contributed by atoms with Crippen molar-refractivity contribution in [2.24, 2.45) is 0 Å². The molecule has 11 nitrogen and oxygen atoms in total. The van der Waals surface area contributed by atoms with Crippen molar-refractivity contribution in [2.75, 3.05) is 13.2 Å². The molecular weight excluding hydrogens is 660 g/mol. The highest BCUT2D eigenvalue weighted by atomic mass is 28.4. The van der Waals surface area contributed by atoms with Gasteiger partial charge in [-0.1, -0.05) is 81.4 Å². The van der Waals surface area contributed by atoms with E-state index in [4.69, 9.17) is 51.8 Å². The predicted octanol–water partition coefficient (Wildman–Crippen LogP) is 6.21. The van der Waals surface area contributed by atoms with Crippen molar-refractivity contribution in [1.82, 2.24) is 0 Å². The van der Waals surface area contributed by atoms with Crippen LogP contribution in [0.5, 0.6) is 0 Å². The molecule has 12 heteroatoms. The van der Waals surface area contributed by atoms with Gasteiger partial charge in [-0.05, 0) is 51.4 Å². The van der Waals surface area contributed by atoms with Crippen molar-refractivity contribution in [1.29, 1.82) is 0 Å². The normalized spacial score (nSPS) is 37.9. The summed E-state index contributed by atoms with van der Waals surface area (Å²) < 4.78 is 72.1. The molecule has 5 aliphatic heterocycles. The van der Waals surface area contributed by atoms with Crippen LogP contribution in [-0.4, -0.2) is 94.5 Å². The summed E-state index contributed by atoms with van der Waals surface area (Å²) in [5.41, 5.74) is 1.97. The van der Waals surface area contributed by atoms with Gasteiger partial charge in [0.15, 0.2) is 38.8 Å². The second-order valence-electron chi connectivity index (χ2n) is 16.4. The van der Waals surface area contributed by atoms with E-state index in [1.54, 1.807) is 0 Å². The van der Waals surface area contributed by atoms with E-state index in [1.165, 1.54) is 0 Å². The molecule has 0 aromatic heterocycles. The minimum Gasteiger partial charge on any atom is -0.406 e. The standard InChI is InChI=1S/C38H54O11Si/c1-36(2,3)50(8,9)49-32-29(39-20-23-16-12-10-13-17-23)27-25(21-40-33(44-27)24-18-14-11-15-19-24)42-34(32)41-22-26-28-30(46-37(4,5)45-28)31-35(43-26)48-38(6,7)47-31/h10-19,25-35H,20-22H2,1-9H3/t25-,26-,27-,28+,29+,30+,31-,32+,33-,34-,35-/m1/s1. The SMILES string of the molecule is CC1(C)O[C@H]2[C@@H](O1)[C@@H](CO[C@@H]1O[C@@H]3CO[C@@H](c4ccccc4)O[C@H]3[C@H](OCc3ccccc3)[C@@H]1O[Si](C)(C)C(C)(C)C)O[C@@H]1OC(C)(C)O[C@@H]12. The summed E-state index contributed by atoms with van der Waals surface area (Å²) >= 11 is 0. The first-order chi connectivity index (χ1) is 23.6. The Balaban J connectivity index is 1.17. The number of rotatable bonds is 9. The molecule has 0 radical (unpaired) electrons. The maximum absolute atomic E-state index is 7.20. The number of ether oxygens (including phenoxy) is 10. The van der Waals surface area contributed by atoms with E-state index in [2.05, 4.69) is 46.0 Å². The summed E-state index contributed by atoms with van der Waals surface area (Å²) in [5.74, 6) is -1.65. The fourth-order valence-corrected chi connectivity index (χ4v) is 8.36. The Morgan fingerprint density at radius 3 is 2.06 bits per heavy atom. The quantitative estimate of drug-likeness (QED) is 0.277. The van der Waals surface area contributed by atoms with Crippen LogP contribution in [0.15, 0.2) is 60.7 Å². The van der Waals surface area contributed by atoms with E-state index in [9.17, 15) is 0 Å². The lowest BCUT2D eigenvalue weighted by Crippen LogP contribution is -2.66. The number of hydrogen-bond acceptors (Lipinski definition) is 11. The molecule has 0 bridgehead atoms. The zero-order valence-electron chi connectivity index (χ0n) is 30.7. The van der Waals surface area contributed by atoms with Gasteiger partial charge in [0.2, 0.25) is 0 Å². The van der Waals surface area contributed by atoms with Gasteiger partial charge in [0, 0.05) is 5.56 Å². The summed E-state index contributed by atoms with van der Waals surface area (Å²) in [5, 5.41) is -0.0938. The van der Waals surface area contributed by atoms with Gasteiger partial charge in [-0.15, -0.1) is 0 Å². The van der Waals surface area contributed by atoms with Crippen LogP contribution < -0.4 is 0 Å². The zero-order valence-corrected chi connectivity index (χ0v) is 31.7. The molecule has 11 atom stereocenters. The highest BCUT2D eigenvalue weighted by molar-refractivity contribution is 6.74.